The van der Waals surface area contributed by atoms with Gasteiger partial charge in [0.1, 0.15) is 0 Å². The van der Waals surface area contributed by atoms with Gasteiger partial charge in [-0.2, -0.15) is 15.0 Å². The van der Waals surface area contributed by atoms with Crippen LogP contribution in [0.4, 0.5) is 17.8 Å². The number of anilines is 3. The predicted octanol–water partition coefficient (Wildman–Crippen LogP) is 1.17. The van der Waals surface area contributed by atoms with Gasteiger partial charge in [0.2, 0.25) is 17.8 Å². The van der Waals surface area contributed by atoms with Crippen LogP contribution < -0.4 is 16.0 Å². The van der Waals surface area contributed by atoms with Gasteiger partial charge in [-0.25, -0.2) is 0 Å². The lowest BCUT2D eigenvalue weighted by Gasteiger charge is -2.12. The van der Waals surface area contributed by atoms with E-state index in [-0.39, 0.29) is 5.95 Å². The third-order valence-electron chi connectivity index (χ3n) is 2.58. The summed E-state index contributed by atoms with van der Waals surface area (Å²) in [5.74, 6) is 1.28. The highest BCUT2D eigenvalue weighted by Crippen LogP contribution is 2.09. The van der Waals surface area contributed by atoms with E-state index in [1.165, 1.54) is 5.56 Å². The molecule has 0 atom stereocenters. The van der Waals surface area contributed by atoms with Crippen LogP contribution in [0.3, 0.4) is 0 Å². The van der Waals surface area contributed by atoms with Gasteiger partial charge in [0.15, 0.2) is 0 Å². The second-order valence-electron chi connectivity index (χ2n) is 4.37. The summed E-state index contributed by atoms with van der Waals surface area (Å²) in [5, 5.41) is 3.16. The van der Waals surface area contributed by atoms with E-state index in [1.54, 1.807) is 4.90 Å². The number of nitrogens with zero attached hydrogens (tertiary/aromatic N) is 4. The van der Waals surface area contributed by atoms with Crippen LogP contribution in [0.2, 0.25) is 0 Å². The molecule has 6 nitrogen and oxygen atoms in total. The van der Waals surface area contributed by atoms with Crippen molar-refractivity contribution in [2.75, 3.05) is 36.6 Å². The SMILES string of the molecule is CN(C)c1nc(N)nc(NCCc2ccccc2)n1. The van der Waals surface area contributed by atoms with Crippen LogP contribution in [-0.2, 0) is 6.42 Å². The second kappa shape index (κ2) is 5.99. The first-order valence-corrected chi connectivity index (χ1v) is 6.12. The Kier molecular flexibility index (Phi) is 4.12. The number of rotatable bonds is 5. The molecule has 1 aromatic heterocycles. The standard InChI is InChI=1S/C13H18N6/c1-19(2)13-17-11(14)16-12(18-13)15-9-8-10-6-4-3-5-7-10/h3-7H,8-9H2,1-2H3,(H3,14,15,16,17,18). The fourth-order valence-corrected chi connectivity index (χ4v) is 1.62. The summed E-state index contributed by atoms with van der Waals surface area (Å²) in [6.45, 7) is 0.750. The second-order valence-corrected chi connectivity index (χ2v) is 4.37. The maximum absolute atomic E-state index is 5.65. The van der Waals surface area contributed by atoms with E-state index >= 15 is 0 Å². The summed E-state index contributed by atoms with van der Waals surface area (Å²) in [6.07, 6.45) is 0.906. The Morgan fingerprint density at radius 1 is 1.11 bits per heavy atom. The lowest BCUT2D eigenvalue weighted by atomic mass is 10.1. The molecule has 19 heavy (non-hydrogen) atoms. The number of benzene rings is 1. The Hall–Kier alpha value is -2.37. The van der Waals surface area contributed by atoms with Gasteiger partial charge in [-0.1, -0.05) is 30.3 Å². The first-order valence-electron chi connectivity index (χ1n) is 6.12. The summed E-state index contributed by atoms with van der Waals surface area (Å²) in [5.41, 5.74) is 6.92. The van der Waals surface area contributed by atoms with Gasteiger partial charge in [-0.3, -0.25) is 0 Å². The van der Waals surface area contributed by atoms with Gasteiger partial charge in [0.25, 0.3) is 0 Å². The first-order chi connectivity index (χ1) is 9.15. The third-order valence-corrected chi connectivity index (χ3v) is 2.58. The number of hydrogen-bond donors (Lipinski definition) is 2. The Morgan fingerprint density at radius 2 is 1.84 bits per heavy atom. The number of aromatic nitrogens is 3. The van der Waals surface area contributed by atoms with Crippen LogP contribution in [0.5, 0.6) is 0 Å². The van der Waals surface area contributed by atoms with Crippen LogP contribution in [0.15, 0.2) is 30.3 Å². The van der Waals surface area contributed by atoms with Gasteiger partial charge in [-0.05, 0) is 12.0 Å². The van der Waals surface area contributed by atoms with Gasteiger partial charge >= 0.3 is 0 Å². The van der Waals surface area contributed by atoms with Crippen LogP contribution in [0, 0.1) is 0 Å². The topological polar surface area (TPSA) is 80.0 Å². The normalized spacial score (nSPS) is 10.2. The number of nitrogens with one attached hydrogen (secondary N) is 1. The molecule has 0 aliphatic carbocycles. The Morgan fingerprint density at radius 3 is 2.53 bits per heavy atom. The van der Waals surface area contributed by atoms with E-state index in [0.717, 1.165) is 13.0 Å². The molecular weight excluding hydrogens is 240 g/mol. The largest absolute Gasteiger partial charge is 0.368 e. The van der Waals surface area contributed by atoms with E-state index in [9.17, 15) is 0 Å². The Labute approximate surface area is 112 Å². The van der Waals surface area contributed by atoms with Crippen LogP contribution in [-0.4, -0.2) is 35.6 Å². The molecule has 0 amide bonds. The maximum Gasteiger partial charge on any atom is 0.231 e. The summed E-state index contributed by atoms with van der Waals surface area (Å²) in [4.78, 5) is 14.2. The average molecular weight is 258 g/mol. The third kappa shape index (κ3) is 3.80. The summed E-state index contributed by atoms with van der Waals surface area (Å²) in [6, 6.07) is 10.2. The lowest BCUT2D eigenvalue weighted by Crippen LogP contribution is -2.17. The molecule has 100 valence electrons. The predicted molar refractivity (Wildman–Crippen MR) is 77.2 cm³/mol. The minimum Gasteiger partial charge on any atom is -0.368 e. The van der Waals surface area contributed by atoms with E-state index in [2.05, 4.69) is 32.4 Å². The first kappa shape index (κ1) is 13.1. The lowest BCUT2D eigenvalue weighted by molar-refractivity contribution is 0.935. The monoisotopic (exact) mass is 258 g/mol. The molecule has 2 aromatic rings. The zero-order valence-electron chi connectivity index (χ0n) is 11.2. The summed E-state index contributed by atoms with van der Waals surface area (Å²) < 4.78 is 0. The molecule has 0 saturated carbocycles. The Balaban J connectivity index is 1.96. The van der Waals surface area contributed by atoms with Gasteiger partial charge in [0, 0.05) is 20.6 Å². The summed E-state index contributed by atoms with van der Waals surface area (Å²) in [7, 11) is 3.73. The van der Waals surface area contributed by atoms with Crippen molar-refractivity contribution < 1.29 is 0 Å². The number of nitrogens with two attached hydrogens (primary N) is 1. The smallest absolute Gasteiger partial charge is 0.231 e. The Bertz CT molecular complexity index is 526. The quantitative estimate of drug-likeness (QED) is 0.838. The molecule has 0 spiro atoms. The fourth-order valence-electron chi connectivity index (χ4n) is 1.62. The highest BCUT2D eigenvalue weighted by molar-refractivity contribution is 5.40. The van der Waals surface area contributed by atoms with Crippen LogP contribution in [0.1, 0.15) is 5.56 Å². The molecule has 0 fully saturated rings. The van der Waals surface area contributed by atoms with Crippen molar-refractivity contribution in [3.05, 3.63) is 35.9 Å². The van der Waals surface area contributed by atoms with E-state index in [4.69, 9.17) is 5.73 Å². The molecule has 0 bridgehead atoms. The highest BCUT2D eigenvalue weighted by atomic mass is 15.3. The highest BCUT2D eigenvalue weighted by Gasteiger charge is 2.05. The fraction of sp³-hybridized carbons (Fsp3) is 0.308. The van der Waals surface area contributed by atoms with Crippen molar-refractivity contribution in [2.24, 2.45) is 0 Å². The molecule has 0 unspecified atom stereocenters. The molecule has 2 rings (SSSR count). The van der Waals surface area contributed by atoms with Crippen molar-refractivity contribution in [3.8, 4) is 0 Å². The van der Waals surface area contributed by atoms with E-state index in [0.29, 0.717) is 11.9 Å². The zero-order chi connectivity index (χ0) is 13.7. The maximum atomic E-state index is 5.65. The molecule has 0 aliphatic rings. The van der Waals surface area contributed by atoms with E-state index in [1.807, 2.05) is 32.3 Å². The van der Waals surface area contributed by atoms with Crippen molar-refractivity contribution in [1.82, 2.24) is 15.0 Å². The molecule has 1 heterocycles. The average Bonchev–Trinajstić information content (AvgIpc) is 2.39. The van der Waals surface area contributed by atoms with Gasteiger partial charge in [0.05, 0.1) is 0 Å². The molecule has 3 N–H and O–H groups in total. The molecule has 0 radical (unpaired) electrons. The zero-order valence-corrected chi connectivity index (χ0v) is 11.2. The number of nitrogen functional groups attached to an aromatic ring is 1. The molecule has 0 aliphatic heterocycles. The number of hydrogen-bond acceptors (Lipinski definition) is 6. The van der Waals surface area contributed by atoms with Crippen molar-refractivity contribution in [2.45, 2.75) is 6.42 Å². The van der Waals surface area contributed by atoms with Crippen molar-refractivity contribution in [1.29, 1.82) is 0 Å². The summed E-state index contributed by atoms with van der Waals surface area (Å²) >= 11 is 0. The van der Waals surface area contributed by atoms with E-state index < -0.39 is 0 Å². The van der Waals surface area contributed by atoms with Crippen LogP contribution in [0.25, 0.3) is 0 Å². The minimum atomic E-state index is 0.223. The minimum absolute atomic E-state index is 0.223. The van der Waals surface area contributed by atoms with Crippen molar-refractivity contribution >= 4 is 17.8 Å². The van der Waals surface area contributed by atoms with Crippen molar-refractivity contribution in [3.63, 3.8) is 0 Å². The molecule has 1 aromatic carbocycles. The molecular formula is C13H18N6. The van der Waals surface area contributed by atoms with Crippen LogP contribution >= 0.6 is 0 Å². The molecule has 0 saturated heterocycles. The van der Waals surface area contributed by atoms with Gasteiger partial charge < -0.3 is 16.0 Å². The van der Waals surface area contributed by atoms with Gasteiger partial charge in [-0.15, -0.1) is 0 Å². The molecule has 6 heteroatoms.